The molecule has 4 nitrogen and oxygen atoms in total. The van der Waals surface area contributed by atoms with Crippen LogP contribution >= 0.6 is 0 Å². The van der Waals surface area contributed by atoms with Crippen molar-refractivity contribution in [3.8, 4) is 11.8 Å². The molecule has 0 radical (unpaired) electrons. The smallest absolute Gasteiger partial charge is 0.222 e. The summed E-state index contributed by atoms with van der Waals surface area (Å²) in [5.74, 6) is 6.05. The van der Waals surface area contributed by atoms with E-state index in [1.54, 1.807) is 0 Å². The van der Waals surface area contributed by atoms with Gasteiger partial charge in [0.2, 0.25) is 5.91 Å². The molecule has 1 heterocycles. The predicted molar refractivity (Wildman–Crippen MR) is 123 cm³/mol. The Kier molecular flexibility index (Phi) is 7.49. The second kappa shape index (κ2) is 8.25. The molecule has 28 heavy (non-hydrogen) atoms. The monoisotopic (exact) mass is 425 g/mol. The first-order valence-corrected chi connectivity index (χ1v) is 16.4. The molecule has 1 fully saturated rings. The van der Waals surface area contributed by atoms with Crippen LogP contribution in [0, 0.1) is 23.7 Å². The van der Waals surface area contributed by atoms with Gasteiger partial charge in [-0.1, -0.05) is 66.5 Å². The third kappa shape index (κ3) is 4.75. The third-order valence-corrected chi connectivity index (χ3v) is 17.3. The SMILES string of the molecule is C[C@@H](C#CCO)[C@@H]1[C@@H]([C@@H](C)O[Si](C)(C)C(C)(C)C)C(=O)N1[Si](C)(C)C(C)(C)C. The first-order chi connectivity index (χ1) is 12.4. The van der Waals surface area contributed by atoms with Gasteiger partial charge in [0.25, 0.3) is 0 Å². The van der Waals surface area contributed by atoms with E-state index in [0.29, 0.717) is 0 Å². The normalized spacial score (nSPS) is 23.6. The summed E-state index contributed by atoms with van der Waals surface area (Å²) in [7, 11) is -4.00. The highest BCUT2D eigenvalue weighted by atomic mass is 28.4. The maximum atomic E-state index is 13.4. The molecule has 1 aliphatic heterocycles. The molecule has 1 N–H and O–H groups in total. The topological polar surface area (TPSA) is 49.8 Å². The van der Waals surface area contributed by atoms with Crippen LogP contribution < -0.4 is 0 Å². The predicted octanol–water partition coefficient (Wildman–Crippen LogP) is 4.86. The lowest BCUT2D eigenvalue weighted by atomic mass is 9.79. The van der Waals surface area contributed by atoms with E-state index in [9.17, 15) is 4.79 Å². The van der Waals surface area contributed by atoms with Crippen LogP contribution in [0.5, 0.6) is 0 Å². The second-order valence-electron chi connectivity index (χ2n) is 11.4. The largest absolute Gasteiger partial charge is 0.413 e. The molecular weight excluding hydrogens is 382 g/mol. The minimum atomic E-state index is -2.02. The van der Waals surface area contributed by atoms with E-state index < -0.39 is 16.6 Å². The van der Waals surface area contributed by atoms with Crippen LogP contribution in [0.1, 0.15) is 55.4 Å². The highest BCUT2D eigenvalue weighted by Crippen LogP contribution is 2.48. The number of carbonyl (C=O) groups excluding carboxylic acids is 1. The summed E-state index contributed by atoms with van der Waals surface area (Å²) in [6.45, 7) is 26.4. The van der Waals surface area contributed by atoms with E-state index >= 15 is 0 Å². The number of hydrogen-bond donors (Lipinski definition) is 1. The Morgan fingerprint density at radius 3 is 1.96 bits per heavy atom. The van der Waals surface area contributed by atoms with Crippen LogP contribution in [0.2, 0.25) is 36.3 Å². The molecule has 1 amide bonds. The van der Waals surface area contributed by atoms with Gasteiger partial charge in [0.15, 0.2) is 16.6 Å². The fourth-order valence-electron chi connectivity index (χ4n) is 3.56. The van der Waals surface area contributed by atoms with Crippen molar-refractivity contribution >= 4 is 22.5 Å². The Morgan fingerprint density at radius 1 is 1.07 bits per heavy atom. The number of amides is 1. The molecule has 1 saturated heterocycles. The highest BCUT2D eigenvalue weighted by Gasteiger charge is 2.60. The van der Waals surface area contributed by atoms with Crippen LogP contribution in [0.25, 0.3) is 0 Å². The van der Waals surface area contributed by atoms with Gasteiger partial charge in [-0.15, -0.1) is 0 Å². The molecule has 162 valence electrons. The number of β-lactam (4-membered cyclic amide) rings is 1. The number of nitrogens with zero attached hydrogens (tertiary/aromatic N) is 1. The lowest BCUT2D eigenvalue weighted by Gasteiger charge is -2.61. The fraction of sp³-hybridized carbons (Fsp3) is 0.864. The summed E-state index contributed by atoms with van der Waals surface area (Å²) in [6.07, 6.45) is -0.127. The molecule has 0 bridgehead atoms. The average Bonchev–Trinajstić information content (AvgIpc) is 2.46. The lowest BCUT2D eigenvalue weighted by molar-refractivity contribution is -0.156. The highest BCUT2D eigenvalue weighted by molar-refractivity contribution is 6.80. The van der Waals surface area contributed by atoms with E-state index in [4.69, 9.17) is 9.53 Å². The van der Waals surface area contributed by atoms with Crippen molar-refractivity contribution in [2.75, 3.05) is 6.61 Å². The molecule has 6 heteroatoms. The van der Waals surface area contributed by atoms with Gasteiger partial charge in [-0.05, 0) is 37.0 Å². The third-order valence-electron chi connectivity index (χ3n) is 7.34. The lowest BCUT2D eigenvalue weighted by Crippen LogP contribution is -2.76. The van der Waals surface area contributed by atoms with E-state index in [2.05, 4.69) is 98.0 Å². The van der Waals surface area contributed by atoms with E-state index in [-0.39, 0.29) is 46.6 Å². The Labute approximate surface area is 175 Å². The molecule has 1 rings (SSSR count). The molecule has 0 aliphatic carbocycles. The zero-order valence-electron chi connectivity index (χ0n) is 20.2. The quantitative estimate of drug-likeness (QED) is 0.389. The summed E-state index contributed by atoms with van der Waals surface area (Å²) in [6, 6.07) is 0.0483. The van der Waals surface area contributed by atoms with E-state index in [1.165, 1.54) is 0 Å². The van der Waals surface area contributed by atoms with Gasteiger partial charge in [-0.3, -0.25) is 4.79 Å². The van der Waals surface area contributed by atoms with Gasteiger partial charge < -0.3 is 14.1 Å². The molecule has 0 aromatic carbocycles. The van der Waals surface area contributed by atoms with Crippen molar-refractivity contribution in [3.05, 3.63) is 0 Å². The summed E-state index contributed by atoms with van der Waals surface area (Å²) in [5, 5.41) is 9.32. The molecule has 0 aromatic heterocycles. The number of aliphatic hydroxyl groups is 1. The average molecular weight is 426 g/mol. The zero-order valence-corrected chi connectivity index (χ0v) is 22.2. The zero-order chi connectivity index (χ0) is 22.3. The minimum absolute atomic E-state index is 0.00874. The van der Waals surface area contributed by atoms with Gasteiger partial charge in [-0.2, -0.15) is 0 Å². The molecular formula is C22H43NO3Si2. The Bertz CT molecular complexity index is 635. The summed E-state index contributed by atoms with van der Waals surface area (Å²) in [5.41, 5.74) is 0. The van der Waals surface area contributed by atoms with Crippen LogP contribution in [-0.2, 0) is 9.22 Å². The maximum absolute atomic E-state index is 13.4. The standard InChI is InChI=1S/C22H43NO3Si2/c1-16(14-13-15-24)19-18(17(2)26-28(11,12)22(6,7)8)20(25)23(19)27(9,10)21(3,4)5/h16-19,24H,15H2,1-12H3/t16-,17+,18+,19+/m0/s1. The molecule has 0 saturated carbocycles. The first kappa shape index (κ1) is 25.4. The van der Waals surface area contributed by atoms with Gasteiger partial charge in [0.05, 0.1) is 18.1 Å². The van der Waals surface area contributed by atoms with Crippen molar-refractivity contribution in [2.24, 2.45) is 11.8 Å². The second-order valence-corrected chi connectivity index (χ2v) is 21.2. The van der Waals surface area contributed by atoms with Crippen molar-refractivity contribution in [2.45, 2.75) is 104 Å². The molecule has 0 aromatic rings. The van der Waals surface area contributed by atoms with Crippen LogP contribution in [0.15, 0.2) is 0 Å². The Hall–Kier alpha value is -0.616. The Balaban J connectivity index is 3.26. The van der Waals surface area contributed by atoms with Crippen molar-refractivity contribution in [3.63, 3.8) is 0 Å². The van der Waals surface area contributed by atoms with Gasteiger partial charge in [0, 0.05) is 5.92 Å². The minimum Gasteiger partial charge on any atom is -0.413 e. The van der Waals surface area contributed by atoms with Gasteiger partial charge >= 0.3 is 0 Å². The van der Waals surface area contributed by atoms with E-state index in [1.807, 2.05) is 0 Å². The van der Waals surface area contributed by atoms with Gasteiger partial charge in [0.1, 0.15) is 6.61 Å². The molecule has 0 spiro atoms. The maximum Gasteiger partial charge on any atom is 0.222 e. The summed E-state index contributed by atoms with van der Waals surface area (Å²) in [4.78, 5) is 13.4. The van der Waals surface area contributed by atoms with Gasteiger partial charge in [-0.25, -0.2) is 0 Å². The summed E-state index contributed by atoms with van der Waals surface area (Å²) >= 11 is 0. The Morgan fingerprint density at radius 2 is 1.57 bits per heavy atom. The number of hydrogen-bond acceptors (Lipinski definition) is 3. The number of rotatable bonds is 5. The number of aliphatic hydroxyl groups excluding tert-OH is 1. The molecule has 0 unspecified atom stereocenters. The summed E-state index contributed by atoms with van der Waals surface area (Å²) < 4.78 is 8.78. The molecule has 4 atom stereocenters. The van der Waals surface area contributed by atoms with E-state index in [0.717, 1.165) is 0 Å². The van der Waals surface area contributed by atoms with Crippen molar-refractivity contribution < 1.29 is 14.3 Å². The van der Waals surface area contributed by atoms with Crippen LogP contribution in [0.3, 0.4) is 0 Å². The fourth-order valence-corrected chi connectivity index (χ4v) is 7.54. The number of carbonyl (C=O) groups is 1. The molecule has 1 aliphatic rings. The van der Waals surface area contributed by atoms with Crippen LogP contribution in [0.4, 0.5) is 0 Å². The van der Waals surface area contributed by atoms with Crippen molar-refractivity contribution in [1.82, 2.24) is 4.57 Å². The van der Waals surface area contributed by atoms with Crippen molar-refractivity contribution in [1.29, 1.82) is 0 Å². The first-order valence-electron chi connectivity index (χ1n) is 10.5. The van der Waals surface area contributed by atoms with Crippen LogP contribution in [-0.4, -0.2) is 50.9 Å².